The summed E-state index contributed by atoms with van der Waals surface area (Å²) in [5.41, 5.74) is 0.444. The maximum Gasteiger partial charge on any atom is 0.262 e. The SMILES string of the molecule is N#CC(=Cc1cccc(Cl)c1Cl)C(=O)NCc1ccco1. The van der Waals surface area contributed by atoms with Crippen molar-refractivity contribution in [2.45, 2.75) is 6.54 Å². The van der Waals surface area contributed by atoms with Gasteiger partial charge in [0.25, 0.3) is 5.91 Å². The topological polar surface area (TPSA) is 66.0 Å². The second-order valence-electron chi connectivity index (χ2n) is 4.07. The largest absolute Gasteiger partial charge is 0.467 e. The summed E-state index contributed by atoms with van der Waals surface area (Å²) in [6.45, 7) is 0.203. The maximum absolute atomic E-state index is 12.0. The lowest BCUT2D eigenvalue weighted by Gasteiger charge is -2.04. The van der Waals surface area contributed by atoms with Crippen LogP contribution >= 0.6 is 23.2 Å². The molecule has 1 N–H and O–H groups in total. The molecule has 0 aliphatic heterocycles. The Morgan fingerprint density at radius 1 is 1.33 bits per heavy atom. The van der Waals surface area contributed by atoms with Crippen LogP contribution in [0.15, 0.2) is 46.6 Å². The second kappa shape index (κ2) is 6.98. The minimum Gasteiger partial charge on any atom is -0.467 e. The van der Waals surface area contributed by atoms with E-state index >= 15 is 0 Å². The highest BCUT2D eigenvalue weighted by Crippen LogP contribution is 2.27. The monoisotopic (exact) mass is 320 g/mol. The summed E-state index contributed by atoms with van der Waals surface area (Å²) in [5.74, 6) is 0.0892. The molecular formula is C15H10Cl2N2O2. The number of hydrogen-bond donors (Lipinski definition) is 1. The van der Waals surface area contributed by atoms with Gasteiger partial charge in [0.15, 0.2) is 0 Å². The Labute approximate surface area is 131 Å². The summed E-state index contributed by atoms with van der Waals surface area (Å²) < 4.78 is 5.09. The first-order chi connectivity index (χ1) is 10.1. The van der Waals surface area contributed by atoms with Crippen molar-refractivity contribution in [1.29, 1.82) is 5.26 Å². The van der Waals surface area contributed by atoms with E-state index in [4.69, 9.17) is 32.9 Å². The Balaban J connectivity index is 2.15. The third kappa shape index (κ3) is 3.88. The summed E-state index contributed by atoms with van der Waals surface area (Å²) in [7, 11) is 0. The molecule has 1 heterocycles. The van der Waals surface area contributed by atoms with E-state index in [1.807, 2.05) is 6.07 Å². The molecule has 0 radical (unpaired) electrons. The fourth-order valence-corrected chi connectivity index (χ4v) is 1.97. The average molecular weight is 321 g/mol. The molecule has 1 aromatic carbocycles. The smallest absolute Gasteiger partial charge is 0.262 e. The second-order valence-corrected chi connectivity index (χ2v) is 4.86. The molecule has 1 aromatic heterocycles. The molecule has 6 heteroatoms. The molecule has 0 saturated heterocycles. The van der Waals surface area contributed by atoms with Crippen LogP contribution in [-0.4, -0.2) is 5.91 Å². The van der Waals surface area contributed by atoms with Crippen LogP contribution in [0.5, 0.6) is 0 Å². The molecule has 0 aliphatic rings. The third-order valence-electron chi connectivity index (χ3n) is 2.65. The van der Waals surface area contributed by atoms with Crippen LogP contribution in [-0.2, 0) is 11.3 Å². The highest BCUT2D eigenvalue weighted by molar-refractivity contribution is 6.43. The van der Waals surface area contributed by atoms with Gasteiger partial charge in [-0.2, -0.15) is 5.26 Å². The molecule has 0 atom stereocenters. The Hall–Kier alpha value is -2.22. The van der Waals surface area contributed by atoms with E-state index in [-0.39, 0.29) is 12.1 Å². The molecule has 0 bridgehead atoms. The molecule has 1 amide bonds. The molecule has 0 fully saturated rings. The van der Waals surface area contributed by atoms with E-state index in [1.54, 1.807) is 30.3 Å². The summed E-state index contributed by atoms with van der Waals surface area (Å²) in [6.07, 6.45) is 2.90. The predicted octanol–water partition coefficient (Wildman–Crippen LogP) is 3.81. The van der Waals surface area contributed by atoms with Gasteiger partial charge in [0.1, 0.15) is 17.4 Å². The van der Waals surface area contributed by atoms with Crippen molar-refractivity contribution in [3.63, 3.8) is 0 Å². The Kier molecular flexibility index (Phi) is 5.04. The molecular weight excluding hydrogens is 311 g/mol. The number of rotatable bonds is 4. The van der Waals surface area contributed by atoms with Crippen LogP contribution in [0, 0.1) is 11.3 Å². The maximum atomic E-state index is 12.0. The van der Waals surface area contributed by atoms with Gasteiger partial charge in [0.05, 0.1) is 22.9 Å². The lowest BCUT2D eigenvalue weighted by Crippen LogP contribution is -2.23. The number of carbonyl (C=O) groups is 1. The summed E-state index contributed by atoms with van der Waals surface area (Å²) in [5, 5.41) is 12.3. The summed E-state index contributed by atoms with van der Waals surface area (Å²) in [4.78, 5) is 12.0. The molecule has 0 unspecified atom stereocenters. The van der Waals surface area contributed by atoms with E-state index < -0.39 is 5.91 Å². The van der Waals surface area contributed by atoms with Crippen molar-refractivity contribution >= 4 is 35.2 Å². The molecule has 2 rings (SSSR count). The van der Waals surface area contributed by atoms with Gasteiger partial charge >= 0.3 is 0 Å². The average Bonchev–Trinajstić information content (AvgIpc) is 2.99. The lowest BCUT2D eigenvalue weighted by atomic mass is 10.1. The van der Waals surface area contributed by atoms with Crippen LogP contribution in [0.2, 0.25) is 10.0 Å². The van der Waals surface area contributed by atoms with E-state index in [2.05, 4.69) is 5.32 Å². The number of hydrogen-bond acceptors (Lipinski definition) is 3. The molecule has 21 heavy (non-hydrogen) atoms. The molecule has 0 saturated carbocycles. The summed E-state index contributed by atoms with van der Waals surface area (Å²) in [6, 6.07) is 10.3. The summed E-state index contributed by atoms with van der Waals surface area (Å²) >= 11 is 11.9. The Morgan fingerprint density at radius 3 is 2.81 bits per heavy atom. The zero-order valence-corrected chi connectivity index (χ0v) is 12.3. The van der Waals surface area contributed by atoms with Crippen LogP contribution in [0.25, 0.3) is 6.08 Å². The van der Waals surface area contributed by atoms with Crippen molar-refractivity contribution in [1.82, 2.24) is 5.32 Å². The van der Waals surface area contributed by atoms with Crippen molar-refractivity contribution in [3.8, 4) is 6.07 Å². The number of amides is 1. The zero-order valence-electron chi connectivity index (χ0n) is 10.8. The first kappa shape index (κ1) is 15.2. The number of carbonyl (C=O) groups excluding carboxylic acids is 1. The van der Waals surface area contributed by atoms with Crippen molar-refractivity contribution < 1.29 is 9.21 Å². The Morgan fingerprint density at radius 2 is 2.14 bits per heavy atom. The zero-order chi connectivity index (χ0) is 15.2. The van der Waals surface area contributed by atoms with E-state index in [1.165, 1.54) is 12.3 Å². The Bertz CT molecular complexity index is 716. The number of halogens is 2. The van der Waals surface area contributed by atoms with E-state index in [0.717, 1.165) is 0 Å². The number of nitrogens with zero attached hydrogens (tertiary/aromatic N) is 1. The normalized spacial score (nSPS) is 11.0. The fourth-order valence-electron chi connectivity index (χ4n) is 1.61. The number of benzene rings is 1. The minimum atomic E-state index is -0.509. The van der Waals surface area contributed by atoms with Crippen molar-refractivity contribution in [2.75, 3.05) is 0 Å². The number of nitrogens with one attached hydrogen (secondary N) is 1. The van der Waals surface area contributed by atoms with Gasteiger partial charge in [-0.05, 0) is 29.8 Å². The standard InChI is InChI=1S/C15H10Cl2N2O2/c16-13-5-1-3-10(14(13)17)7-11(8-18)15(20)19-9-12-4-2-6-21-12/h1-7H,9H2,(H,19,20). The number of nitriles is 1. The van der Waals surface area contributed by atoms with Gasteiger partial charge in [0, 0.05) is 0 Å². The molecule has 0 aliphatic carbocycles. The third-order valence-corrected chi connectivity index (χ3v) is 3.48. The van der Waals surface area contributed by atoms with Gasteiger partial charge in [-0.15, -0.1) is 0 Å². The predicted molar refractivity (Wildman–Crippen MR) is 80.6 cm³/mol. The van der Waals surface area contributed by atoms with Gasteiger partial charge in [-0.1, -0.05) is 35.3 Å². The number of furan rings is 1. The fraction of sp³-hybridized carbons (Fsp3) is 0.0667. The van der Waals surface area contributed by atoms with Gasteiger partial charge in [0.2, 0.25) is 0 Å². The van der Waals surface area contributed by atoms with E-state index in [9.17, 15) is 4.79 Å². The molecule has 106 valence electrons. The van der Waals surface area contributed by atoms with Crippen molar-refractivity contribution in [2.24, 2.45) is 0 Å². The van der Waals surface area contributed by atoms with Gasteiger partial charge in [-0.25, -0.2) is 0 Å². The first-order valence-corrected chi connectivity index (χ1v) is 6.74. The minimum absolute atomic E-state index is 0.0641. The lowest BCUT2D eigenvalue weighted by molar-refractivity contribution is -0.117. The van der Waals surface area contributed by atoms with Gasteiger partial charge < -0.3 is 9.73 Å². The molecule has 4 nitrogen and oxygen atoms in total. The molecule has 0 spiro atoms. The van der Waals surface area contributed by atoms with Crippen molar-refractivity contribution in [3.05, 3.63) is 63.5 Å². The molecule has 2 aromatic rings. The van der Waals surface area contributed by atoms with Crippen LogP contribution in [0.1, 0.15) is 11.3 Å². The first-order valence-electron chi connectivity index (χ1n) is 5.98. The quantitative estimate of drug-likeness (QED) is 0.688. The van der Waals surface area contributed by atoms with Gasteiger partial charge in [-0.3, -0.25) is 4.79 Å². The highest BCUT2D eigenvalue weighted by Gasteiger charge is 2.11. The van der Waals surface area contributed by atoms with Crippen LogP contribution in [0.4, 0.5) is 0 Å². The highest BCUT2D eigenvalue weighted by atomic mass is 35.5. The van der Waals surface area contributed by atoms with Crippen LogP contribution < -0.4 is 5.32 Å². The van der Waals surface area contributed by atoms with Crippen LogP contribution in [0.3, 0.4) is 0 Å². The van der Waals surface area contributed by atoms with E-state index in [0.29, 0.717) is 21.4 Å².